The van der Waals surface area contributed by atoms with E-state index in [0.29, 0.717) is 0 Å². The fourth-order valence-electron chi connectivity index (χ4n) is 1.66. The Morgan fingerprint density at radius 3 is 1.95 bits per heavy atom. The van der Waals surface area contributed by atoms with Crippen molar-refractivity contribution < 1.29 is 8.42 Å². The molecular weight excluding hydrogens is 292 g/mol. The second kappa shape index (κ2) is 6.55. The molecule has 0 saturated heterocycles. The average molecular weight is 304 g/mol. The average Bonchev–Trinajstić information content (AvgIpc) is 2.48. The van der Waals surface area contributed by atoms with E-state index >= 15 is 0 Å². The van der Waals surface area contributed by atoms with Crippen LogP contribution >= 0.6 is 10.7 Å². The van der Waals surface area contributed by atoms with Gasteiger partial charge in [-0.25, -0.2) is 8.42 Å². The molecule has 3 aromatic carbocycles. The number of hydrogen-bond donors (Lipinski definition) is 0. The molecule has 0 aliphatic heterocycles. The highest BCUT2D eigenvalue weighted by Crippen LogP contribution is 2.21. The van der Waals surface area contributed by atoms with E-state index in [0.717, 1.165) is 10.8 Å². The standard InChI is InChI=1S/C10H7ClO2S.C6H5/c11-14(12,13)10-6-5-8-3-1-2-4-9(8)7-10;1-2-4-6-5-3-1/h1-7H;1-5H. The molecular formula is C16H12ClO2S. The molecule has 0 spiro atoms. The summed E-state index contributed by atoms with van der Waals surface area (Å²) in [6.45, 7) is 0. The number of halogens is 1. The molecule has 0 amide bonds. The van der Waals surface area contributed by atoms with Gasteiger partial charge in [0.25, 0.3) is 9.05 Å². The summed E-state index contributed by atoms with van der Waals surface area (Å²) in [5.41, 5.74) is 0. The van der Waals surface area contributed by atoms with E-state index in [9.17, 15) is 8.42 Å². The molecule has 0 unspecified atom stereocenters. The van der Waals surface area contributed by atoms with E-state index in [4.69, 9.17) is 10.7 Å². The molecule has 0 bridgehead atoms. The van der Waals surface area contributed by atoms with Crippen molar-refractivity contribution in [1.82, 2.24) is 0 Å². The zero-order chi connectivity index (χ0) is 14.4. The Kier molecular flexibility index (Phi) is 4.77. The normalized spacial score (nSPS) is 10.7. The second-order valence-corrected chi connectivity index (χ2v) is 6.59. The Balaban J connectivity index is 0.000000205. The van der Waals surface area contributed by atoms with Crippen LogP contribution in [-0.2, 0) is 9.05 Å². The summed E-state index contributed by atoms with van der Waals surface area (Å²) in [4.78, 5) is 0.137. The molecule has 0 atom stereocenters. The van der Waals surface area contributed by atoms with Crippen LogP contribution in [0.4, 0.5) is 0 Å². The fraction of sp³-hybridized carbons (Fsp3) is 0. The van der Waals surface area contributed by atoms with Crippen LogP contribution in [-0.4, -0.2) is 8.42 Å². The molecule has 0 aliphatic rings. The molecule has 2 nitrogen and oxygen atoms in total. The van der Waals surface area contributed by atoms with Gasteiger partial charge in [0.15, 0.2) is 0 Å². The largest absolute Gasteiger partial charge is 0.261 e. The van der Waals surface area contributed by atoms with E-state index in [2.05, 4.69) is 6.07 Å². The van der Waals surface area contributed by atoms with E-state index in [-0.39, 0.29) is 4.90 Å². The van der Waals surface area contributed by atoms with Gasteiger partial charge >= 0.3 is 0 Å². The molecule has 0 aromatic heterocycles. The summed E-state index contributed by atoms with van der Waals surface area (Å²) in [5, 5.41) is 1.87. The lowest BCUT2D eigenvalue weighted by Gasteiger charge is -1.99. The highest BCUT2D eigenvalue weighted by Gasteiger charge is 2.09. The van der Waals surface area contributed by atoms with Crippen LogP contribution in [0.3, 0.4) is 0 Å². The summed E-state index contributed by atoms with van der Waals surface area (Å²) >= 11 is 0. The van der Waals surface area contributed by atoms with Gasteiger partial charge in [0.05, 0.1) is 4.90 Å². The zero-order valence-electron chi connectivity index (χ0n) is 10.5. The molecule has 0 aliphatic carbocycles. The minimum absolute atomic E-state index is 0.137. The third-order valence-electron chi connectivity index (χ3n) is 2.61. The SMILES string of the molecule is O=S(=O)(Cl)c1ccc2ccccc2c1.[c]1ccccc1. The molecule has 0 fully saturated rings. The smallest absolute Gasteiger partial charge is 0.207 e. The predicted octanol–water partition coefficient (Wildman–Crippen LogP) is 4.25. The van der Waals surface area contributed by atoms with Crippen molar-refractivity contribution in [2.24, 2.45) is 0 Å². The van der Waals surface area contributed by atoms with Crippen molar-refractivity contribution in [3.63, 3.8) is 0 Å². The number of fused-ring (bicyclic) bond motifs is 1. The first-order valence-electron chi connectivity index (χ1n) is 5.92. The van der Waals surface area contributed by atoms with Crippen molar-refractivity contribution in [1.29, 1.82) is 0 Å². The van der Waals surface area contributed by atoms with Crippen molar-refractivity contribution in [3.05, 3.63) is 78.9 Å². The van der Waals surface area contributed by atoms with E-state index < -0.39 is 9.05 Å². The van der Waals surface area contributed by atoms with Crippen LogP contribution < -0.4 is 0 Å². The summed E-state index contributed by atoms with van der Waals surface area (Å²) in [6.07, 6.45) is 0. The Morgan fingerprint density at radius 2 is 1.45 bits per heavy atom. The van der Waals surface area contributed by atoms with Crippen LogP contribution in [0, 0.1) is 6.07 Å². The van der Waals surface area contributed by atoms with Crippen molar-refractivity contribution in [3.8, 4) is 0 Å². The molecule has 4 heteroatoms. The monoisotopic (exact) mass is 303 g/mol. The van der Waals surface area contributed by atoms with E-state index in [1.165, 1.54) is 6.07 Å². The molecule has 3 aromatic rings. The van der Waals surface area contributed by atoms with Crippen LogP contribution in [0.25, 0.3) is 10.8 Å². The van der Waals surface area contributed by atoms with E-state index in [1.54, 1.807) is 12.1 Å². The number of hydrogen-bond acceptors (Lipinski definition) is 2. The number of benzene rings is 3. The third-order valence-corrected chi connectivity index (χ3v) is 3.96. The van der Waals surface area contributed by atoms with Gasteiger partial charge < -0.3 is 0 Å². The minimum atomic E-state index is -3.62. The molecule has 101 valence electrons. The highest BCUT2D eigenvalue weighted by atomic mass is 35.7. The topological polar surface area (TPSA) is 34.1 Å². The minimum Gasteiger partial charge on any atom is -0.207 e. The maximum Gasteiger partial charge on any atom is 0.261 e. The lowest BCUT2D eigenvalue weighted by atomic mass is 10.1. The first kappa shape index (κ1) is 14.6. The lowest BCUT2D eigenvalue weighted by Crippen LogP contribution is -1.89. The lowest BCUT2D eigenvalue weighted by molar-refractivity contribution is 0.609. The maximum absolute atomic E-state index is 11.0. The van der Waals surface area contributed by atoms with Crippen LogP contribution in [0.2, 0.25) is 0 Å². The molecule has 20 heavy (non-hydrogen) atoms. The van der Waals surface area contributed by atoms with Gasteiger partial charge in [-0.1, -0.05) is 60.7 Å². The molecule has 0 saturated carbocycles. The van der Waals surface area contributed by atoms with Gasteiger partial charge in [-0.2, -0.15) is 0 Å². The molecule has 0 N–H and O–H groups in total. The molecule has 3 rings (SSSR count). The zero-order valence-corrected chi connectivity index (χ0v) is 12.1. The van der Waals surface area contributed by atoms with Gasteiger partial charge in [-0.15, -0.1) is 0 Å². The summed E-state index contributed by atoms with van der Waals surface area (Å²) in [6, 6.07) is 24.8. The predicted molar refractivity (Wildman–Crippen MR) is 82.3 cm³/mol. The Morgan fingerprint density at radius 1 is 0.800 bits per heavy atom. The quantitative estimate of drug-likeness (QED) is 0.630. The first-order valence-corrected chi connectivity index (χ1v) is 8.23. The molecule has 0 heterocycles. The van der Waals surface area contributed by atoms with Crippen LogP contribution in [0.5, 0.6) is 0 Å². The fourth-order valence-corrected chi connectivity index (χ4v) is 2.45. The second-order valence-electron chi connectivity index (χ2n) is 4.02. The van der Waals surface area contributed by atoms with Crippen molar-refractivity contribution >= 4 is 30.5 Å². The maximum atomic E-state index is 11.0. The first-order chi connectivity index (χ1) is 9.57. The summed E-state index contributed by atoms with van der Waals surface area (Å²) < 4.78 is 22.1. The van der Waals surface area contributed by atoms with Gasteiger partial charge in [0.2, 0.25) is 0 Å². The Labute approximate surface area is 123 Å². The van der Waals surface area contributed by atoms with Gasteiger partial charge in [0.1, 0.15) is 0 Å². The Hall–Kier alpha value is -1.84. The van der Waals surface area contributed by atoms with Crippen molar-refractivity contribution in [2.75, 3.05) is 0 Å². The number of rotatable bonds is 1. The van der Waals surface area contributed by atoms with Gasteiger partial charge in [-0.3, -0.25) is 0 Å². The highest BCUT2D eigenvalue weighted by molar-refractivity contribution is 8.13. The summed E-state index contributed by atoms with van der Waals surface area (Å²) in [7, 11) is 1.61. The van der Waals surface area contributed by atoms with Crippen LogP contribution in [0.1, 0.15) is 0 Å². The Bertz CT molecular complexity index is 757. The van der Waals surface area contributed by atoms with Gasteiger partial charge in [0, 0.05) is 10.7 Å². The summed E-state index contributed by atoms with van der Waals surface area (Å²) in [5.74, 6) is 0. The van der Waals surface area contributed by atoms with Crippen LogP contribution in [0.15, 0.2) is 77.7 Å². The van der Waals surface area contributed by atoms with E-state index in [1.807, 2.05) is 54.6 Å². The third kappa shape index (κ3) is 4.08. The van der Waals surface area contributed by atoms with Gasteiger partial charge in [-0.05, 0) is 29.0 Å². The van der Waals surface area contributed by atoms with Crippen molar-refractivity contribution in [2.45, 2.75) is 4.90 Å². The molecule has 1 radical (unpaired) electrons.